The first-order valence-electron chi connectivity index (χ1n) is 9.44. The first kappa shape index (κ1) is 18.0. The van der Waals surface area contributed by atoms with Gasteiger partial charge in [0, 0.05) is 17.3 Å². The Balaban J connectivity index is 1.85. The van der Waals surface area contributed by atoms with Gasteiger partial charge in [-0.05, 0) is 60.5 Å². The van der Waals surface area contributed by atoms with Gasteiger partial charge in [-0.25, -0.2) is 0 Å². The standard InChI is InChI=1S/C21H26BrClO2/c1-10-9-12-13-5-6-15(24)20(13,3)8-7-14(12)21(4)11(2)17(22)19(25)18(23)16(10)21/h11-14,17H,1,5-9H2,2-4H3/t11-,12-,13-,14-,17?,20-,21+/m0/s1. The molecule has 0 spiro atoms. The minimum absolute atomic E-state index is 0.00191. The zero-order valence-electron chi connectivity index (χ0n) is 15.2. The molecular weight excluding hydrogens is 400 g/mol. The monoisotopic (exact) mass is 424 g/mol. The van der Waals surface area contributed by atoms with Crippen LogP contribution in [-0.2, 0) is 9.59 Å². The molecule has 3 fully saturated rings. The van der Waals surface area contributed by atoms with Gasteiger partial charge in [0.05, 0.1) is 9.86 Å². The van der Waals surface area contributed by atoms with Crippen molar-refractivity contribution < 1.29 is 9.59 Å². The van der Waals surface area contributed by atoms with Crippen molar-refractivity contribution in [2.24, 2.45) is 34.5 Å². The number of alkyl halides is 1. The van der Waals surface area contributed by atoms with E-state index >= 15 is 0 Å². The van der Waals surface area contributed by atoms with Crippen LogP contribution in [0.1, 0.15) is 52.9 Å². The number of carbonyl (C=O) groups excluding carboxylic acids is 2. The second-order valence-corrected chi connectivity index (χ2v) is 10.5. The lowest BCUT2D eigenvalue weighted by Crippen LogP contribution is -2.56. The number of ketones is 2. The maximum Gasteiger partial charge on any atom is 0.188 e. The van der Waals surface area contributed by atoms with Crippen molar-refractivity contribution in [2.75, 3.05) is 0 Å². The molecule has 136 valence electrons. The van der Waals surface area contributed by atoms with Gasteiger partial charge in [-0.3, -0.25) is 9.59 Å². The smallest absolute Gasteiger partial charge is 0.188 e. The van der Waals surface area contributed by atoms with E-state index in [9.17, 15) is 9.59 Å². The lowest BCUT2D eigenvalue weighted by molar-refractivity contribution is -0.132. The second-order valence-electron chi connectivity index (χ2n) is 9.13. The Morgan fingerprint density at radius 2 is 1.88 bits per heavy atom. The molecule has 0 aromatic rings. The van der Waals surface area contributed by atoms with E-state index in [0.717, 1.165) is 43.3 Å². The molecule has 0 N–H and O–H groups in total. The van der Waals surface area contributed by atoms with Crippen LogP contribution in [0.15, 0.2) is 22.8 Å². The van der Waals surface area contributed by atoms with Gasteiger partial charge in [0.1, 0.15) is 5.78 Å². The van der Waals surface area contributed by atoms with Crippen LogP contribution < -0.4 is 0 Å². The van der Waals surface area contributed by atoms with Crippen LogP contribution in [0.2, 0.25) is 0 Å². The number of rotatable bonds is 0. The topological polar surface area (TPSA) is 34.1 Å². The summed E-state index contributed by atoms with van der Waals surface area (Å²) in [5, 5.41) is 0.391. The Labute approximate surface area is 163 Å². The molecule has 4 aliphatic rings. The van der Waals surface area contributed by atoms with Crippen LogP contribution in [0.4, 0.5) is 0 Å². The average molecular weight is 426 g/mol. The minimum atomic E-state index is -0.237. The summed E-state index contributed by atoms with van der Waals surface area (Å²) < 4.78 is 0. The zero-order chi connectivity index (χ0) is 18.3. The number of allylic oxidation sites excluding steroid dienone is 2. The van der Waals surface area contributed by atoms with Gasteiger partial charge in [0.25, 0.3) is 0 Å². The van der Waals surface area contributed by atoms with Crippen molar-refractivity contribution in [2.45, 2.75) is 57.7 Å². The molecule has 2 nitrogen and oxygen atoms in total. The first-order chi connectivity index (χ1) is 11.6. The Morgan fingerprint density at radius 1 is 1.20 bits per heavy atom. The van der Waals surface area contributed by atoms with Gasteiger partial charge in [-0.2, -0.15) is 0 Å². The lowest BCUT2D eigenvalue weighted by Gasteiger charge is -2.60. The van der Waals surface area contributed by atoms with Gasteiger partial charge < -0.3 is 0 Å². The third kappa shape index (κ3) is 2.09. The van der Waals surface area contributed by atoms with Crippen LogP contribution in [0.25, 0.3) is 0 Å². The number of hydrogen-bond acceptors (Lipinski definition) is 2. The fourth-order valence-electron chi connectivity index (χ4n) is 6.77. The molecule has 0 aromatic carbocycles. The normalized spacial score (nSPS) is 49.8. The van der Waals surface area contributed by atoms with Gasteiger partial charge in [0.15, 0.2) is 5.78 Å². The van der Waals surface area contributed by atoms with Crippen LogP contribution in [-0.4, -0.2) is 16.4 Å². The molecule has 0 amide bonds. The molecule has 3 saturated carbocycles. The van der Waals surface area contributed by atoms with Crippen LogP contribution >= 0.6 is 27.5 Å². The van der Waals surface area contributed by atoms with E-state index in [1.54, 1.807) is 0 Å². The number of halogens is 2. The molecule has 0 aromatic heterocycles. The maximum absolute atomic E-state index is 12.6. The fourth-order valence-corrected chi connectivity index (χ4v) is 8.14. The highest BCUT2D eigenvalue weighted by Crippen LogP contribution is 2.67. The van der Waals surface area contributed by atoms with E-state index in [0.29, 0.717) is 28.6 Å². The maximum atomic E-state index is 12.6. The Kier molecular flexibility index (Phi) is 3.99. The predicted molar refractivity (Wildman–Crippen MR) is 104 cm³/mol. The summed E-state index contributed by atoms with van der Waals surface area (Å²) in [7, 11) is 0. The molecule has 25 heavy (non-hydrogen) atoms. The molecule has 1 unspecified atom stereocenters. The molecule has 0 bridgehead atoms. The van der Waals surface area contributed by atoms with E-state index in [2.05, 4.69) is 43.3 Å². The van der Waals surface area contributed by atoms with Crippen molar-refractivity contribution in [3.63, 3.8) is 0 Å². The van der Waals surface area contributed by atoms with Crippen molar-refractivity contribution in [1.29, 1.82) is 0 Å². The van der Waals surface area contributed by atoms with Crippen LogP contribution in [0.3, 0.4) is 0 Å². The number of carbonyl (C=O) groups is 2. The van der Waals surface area contributed by atoms with E-state index in [-0.39, 0.29) is 27.4 Å². The molecule has 4 rings (SSSR count). The van der Waals surface area contributed by atoms with Crippen molar-refractivity contribution in [3.8, 4) is 0 Å². The van der Waals surface area contributed by atoms with Gasteiger partial charge in [-0.1, -0.05) is 54.9 Å². The molecule has 4 heteroatoms. The summed E-state index contributed by atoms with van der Waals surface area (Å²) >= 11 is 10.2. The summed E-state index contributed by atoms with van der Waals surface area (Å²) in [5.41, 5.74) is 1.74. The second kappa shape index (κ2) is 5.55. The van der Waals surface area contributed by atoms with Crippen molar-refractivity contribution >= 4 is 39.1 Å². The summed E-state index contributed by atoms with van der Waals surface area (Å²) in [4.78, 5) is 24.9. The molecule has 4 aliphatic carbocycles. The quantitative estimate of drug-likeness (QED) is 0.484. The first-order valence-corrected chi connectivity index (χ1v) is 10.7. The predicted octanol–water partition coefficient (Wildman–Crippen LogP) is 5.44. The highest BCUT2D eigenvalue weighted by Gasteiger charge is 2.62. The van der Waals surface area contributed by atoms with Gasteiger partial charge in [0.2, 0.25) is 0 Å². The number of Topliss-reactive ketones (excluding diaryl/α,β-unsaturated/α-hetero) is 2. The highest BCUT2D eigenvalue weighted by atomic mass is 79.9. The van der Waals surface area contributed by atoms with E-state index < -0.39 is 0 Å². The third-order valence-corrected chi connectivity index (χ3v) is 9.95. The largest absolute Gasteiger partial charge is 0.299 e. The van der Waals surface area contributed by atoms with E-state index in [1.807, 2.05) is 0 Å². The van der Waals surface area contributed by atoms with Crippen molar-refractivity contribution in [1.82, 2.24) is 0 Å². The Morgan fingerprint density at radius 3 is 2.56 bits per heavy atom. The molecule has 0 radical (unpaired) electrons. The zero-order valence-corrected chi connectivity index (χ0v) is 17.5. The summed E-state index contributed by atoms with van der Waals surface area (Å²) in [6, 6.07) is 0. The SMILES string of the molecule is C=C1C[C@@H]2[C@H](CC[C@]3(C)C(=O)CC[C@@H]23)[C@]2(C)C1=C(Cl)C(=O)C(Br)[C@@H]2C. The molecule has 0 saturated heterocycles. The number of hydrogen-bond donors (Lipinski definition) is 0. The fraction of sp³-hybridized carbons (Fsp3) is 0.714. The number of fused-ring (bicyclic) bond motifs is 5. The molecule has 7 atom stereocenters. The van der Waals surface area contributed by atoms with E-state index in [1.165, 1.54) is 0 Å². The Hall–Kier alpha value is -0.410. The summed E-state index contributed by atoms with van der Waals surface area (Å²) in [6.45, 7) is 11.0. The summed E-state index contributed by atoms with van der Waals surface area (Å²) in [5.74, 6) is 2.02. The molecular formula is C21H26BrClO2. The van der Waals surface area contributed by atoms with E-state index in [4.69, 9.17) is 11.6 Å². The van der Waals surface area contributed by atoms with Gasteiger partial charge >= 0.3 is 0 Å². The average Bonchev–Trinajstić information content (AvgIpc) is 2.87. The lowest BCUT2D eigenvalue weighted by atomic mass is 9.44. The van der Waals surface area contributed by atoms with Crippen molar-refractivity contribution in [3.05, 3.63) is 22.8 Å². The van der Waals surface area contributed by atoms with Crippen LogP contribution in [0.5, 0.6) is 0 Å². The molecule has 0 aliphatic heterocycles. The highest BCUT2D eigenvalue weighted by molar-refractivity contribution is 9.10. The molecule has 0 heterocycles. The Bertz CT molecular complexity index is 725. The summed E-state index contributed by atoms with van der Waals surface area (Å²) in [6.07, 6.45) is 4.63. The minimum Gasteiger partial charge on any atom is -0.299 e. The van der Waals surface area contributed by atoms with Crippen LogP contribution in [0, 0.1) is 34.5 Å². The van der Waals surface area contributed by atoms with Gasteiger partial charge in [-0.15, -0.1) is 0 Å². The third-order valence-electron chi connectivity index (χ3n) is 8.36.